The number of anilines is 1. The molecule has 0 aromatic carbocycles. The molecular formula is C38H57ClN6O4Si. The molecule has 2 amide bonds. The number of pyridine rings is 1. The van der Waals surface area contributed by atoms with E-state index >= 15 is 0 Å². The van der Waals surface area contributed by atoms with Gasteiger partial charge in [0.05, 0.1) is 11.4 Å². The van der Waals surface area contributed by atoms with Crippen molar-refractivity contribution < 1.29 is 18.8 Å². The fraction of sp³-hybridized carbons (Fsp3) is 0.658. The summed E-state index contributed by atoms with van der Waals surface area (Å²) in [6.07, 6.45) is 11.2. The van der Waals surface area contributed by atoms with E-state index in [-0.39, 0.29) is 34.2 Å². The van der Waals surface area contributed by atoms with Gasteiger partial charge in [-0.15, -0.1) is 0 Å². The average Bonchev–Trinajstić information content (AvgIpc) is 3.63. The summed E-state index contributed by atoms with van der Waals surface area (Å²) >= 11 is 6.87. The smallest absolute Gasteiger partial charge is 0.254 e. The first-order chi connectivity index (χ1) is 23.8. The van der Waals surface area contributed by atoms with E-state index in [4.69, 9.17) is 31.7 Å². The molecule has 0 radical (unpaired) electrons. The molecule has 3 N–H and O–H groups in total. The van der Waals surface area contributed by atoms with Crippen LogP contribution in [-0.4, -0.2) is 46.4 Å². The minimum atomic E-state index is -1.19. The zero-order chi connectivity index (χ0) is 36.2. The summed E-state index contributed by atoms with van der Waals surface area (Å²) in [6, 6.07) is 4.75. The fourth-order valence-corrected chi connectivity index (χ4v) is 9.25. The first-order valence-electron chi connectivity index (χ1n) is 18.7. The van der Waals surface area contributed by atoms with Crippen molar-refractivity contribution in [2.75, 3.05) is 11.9 Å². The van der Waals surface area contributed by atoms with E-state index in [0.29, 0.717) is 36.7 Å². The van der Waals surface area contributed by atoms with Crippen molar-refractivity contribution in [2.45, 2.75) is 136 Å². The summed E-state index contributed by atoms with van der Waals surface area (Å²) in [6.45, 7) is 15.9. The van der Waals surface area contributed by atoms with Gasteiger partial charge in [-0.3, -0.25) is 9.59 Å². The molecule has 50 heavy (non-hydrogen) atoms. The number of hydrogen-bond donors (Lipinski definition) is 2. The highest BCUT2D eigenvalue weighted by Gasteiger charge is 2.45. The van der Waals surface area contributed by atoms with Crippen molar-refractivity contribution >= 4 is 37.3 Å². The first-order valence-corrected chi connectivity index (χ1v) is 22.7. The number of halogens is 1. The molecule has 0 spiro atoms. The highest BCUT2D eigenvalue weighted by atomic mass is 35.5. The molecule has 1 unspecified atom stereocenters. The summed E-state index contributed by atoms with van der Waals surface area (Å²) in [5.74, 6) is -0.460. The van der Waals surface area contributed by atoms with Gasteiger partial charge in [0.25, 0.3) is 5.91 Å². The molecule has 2 saturated carbocycles. The molecule has 3 aromatic rings. The maximum Gasteiger partial charge on any atom is 0.254 e. The van der Waals surface area contributed by atoms with Gasteiger partial charge in [-0.25, -0.2) is 9.67 Å². The third kappa shape index (κ3) is 8.88. The van der Waals surface area contributed by atoms with Crippen LogP contribution in [0, 0.1) is 31.6 Å². The highest BCUT2D eigenvalue weighted by molar-refractivity contribution is 6.76. The van der Waals surface area contributed by atoms with Crippen LogP contribution in [-0.2, 0) is 16.3 Å². The Morgan fingerprint density at radius 1 is 1.04 bits per heavy atom. The number of hydrogen-bond acceptors (Lipinski definition) is 7. The third-order valence-corrected chi connectivity index (χ3v) is 12.8. The van der Waals surface area contributed by atoms with E-state index in [2.05, 4.69) is 35.1 Å². The lowest BCUT2D eigenvalue weighted by atomic mass is 9.63. The maximum atomic E-state index is 14.7. The van der Waals surface area contributed by atoms with Crippen molar-refractivity contribution in [2.24, 2.45) is 23.5 Å². The molecule has 0 aliphatic heterocycles. The summed E-state index contributed by atoms with van der Waals surface area (Å²) < 4.78 is 13.8. The largest absolute Gasteiger partial charge is 0.365 e. The Morgan fingerprint density at radius 2 is 1.66 bits per heavy atom. The minimum absolute atomic E-state index is 0.0134. The Bertz CT molecular complexity index is 1620. The molecule has 274 valence electrons. The molecule has 0 saturated heterocycles. The van der Waals surface area contributed by atoms with E-state index in [0.717, 1.165) is 79.9 Å². The van der Waals surface area contributed by atoms with Crippen LogP contribution in [0.2, 0.25) is 30.8 Å². The second-order valence-electron chi connectivity index (χ2n) is 16.1. The van der Waals surface area contributed by atoms with Gasteiger partial charge in [0, 0.05) is 31.5 Å². The zero-order valence-electron chi connectivity index (χ0n) is 31.1. The second kappa shape index (κ2) is 16.5. The number of amides is 2. The summed E-state index contributed by atoms with van der Waals surface area (Å²) in [7, 11) is -1.19. The number of ether oxygens (including phenoxy) is 1. The van der Waals surface area contributed by atoms with Crippen LogP contribution in [0.15, 0.2) is 16.7 Å². The van der Waals surface area contributed by atoms with Crippen LogP contribution < -0.4 is 11.1 Å². The maximum absolute atomic E-state index is 14.7. The van der Waals surface area contributed by atoms with E-state index in [9.17, 15) is 9.59 Å². The summed E-state index contributed by atoms with van der Waals surface area (Å²) in [5, 5.41) is 12.4. The number of nitrogens with one attached hydrogen (secondary N) is 1. The third-order valence-electron chi connectivity index (χ3n) is 10.8. The van der Waals surface area contributed by atoms with Crippen LogP contribution >= 0.6 is 11.6 Å². The summed E-state index contributed by atoms with van der Waals surface area (Å²) in [5.41, 5.74) is 10.1. The Balaban J connectivity index is 1.47. The number of primary amides is 1. The number of carbonyl (C=O) groups is 2. The van der Waals surface area contributed by atoms with Crippen molar-refractivity contribution in [1.29, 1.82) is 0 Å². The van der Waals surface area contributed by atoms with Gasteiger partial charge in [-0.05, 0) is 55.7 Å². The van der Waals surface area contributed by atoms with Gasteiger partial charge in [0.1, 0.15) is 29.2 Å². The van der Waals surface area contributed by atoms with Gasteiger partial charge in [0.2, 0.25) is 5.91 Å². The van der Waals surface area contributed by atoms with E-state index in [1.54, 1.807) is 6.07 Å². The molecule has 2 aliphatic rings. The van der Waals surface area contributed by atoms with E-state index in [1.807, 2.05) is 38.4 Å². The van der Waals surface area contributed by atoms with E-state index < -0.39 is 19.9 Å². The normalized spacial score (nSPS) is 17.1. The molecule has 3 heterocycles. The van der Waals surface area contributed by atoms with Crippen LogP contribution in [0.3, 0.4) is 0 Å². The number of carbonyl (C=O) groups excluding carboxylic acids is 2. The SMILES string of the molecule is Cc1nn(COCC[Si](C)(C)C)c(C)c1-c1ccc(NC(=O)C(c2onc(C(C)C)c2C(N)=O)C(C2CCCCC2)C2CCCCC2)nc1Cl. The van der Waals surface area contributed by atoms with Crippen molar-refractivity contribution in [3.63, 3.8) is 0 Å². The lowest BCUT2D eigenvalue weighted by molar-refractivity contribution is -0.121. The van der Waals surface area contributed by atoms with Gasteiger partial charge in [0.15, 0.2) is 5.76 Å². The Hall–Kier alpha value is -3.02. The molecule has 10 nitrogen and oxygen atoms in total. The van der Waals surface area contributed by atoms with Crippen LogP contribution in [0.1, 0.15) is 123 Å². The van der Waals surface area contributed by atoms with Crippen LogP contribution in [0.25, 0.3) is 11.1 Å². The topological polar surface area (TPSA) is 138 Å². The second-order valence-corrected chi connectivity index (χ2v) is 22.1. The molecule has 2 aliphatic carbocycles. The first kappa shape index (κ1) is 38.2. The Kier molecular flexibility index (Phi) is 12.6. The highest BCUT2D eigenvalue weighted by Crippen LogP contribution is 2.48. The molecule has 5 rings (SSSR count). The average molecular weight is 725 g/mol. The Labute approximate surface area is 303 Å². The number of rotatable bonds is 14. The number of nitrogens with zero attached hydrogens (tertiary/aromatic N) is 4. The molecule has 2 fully saturated rings. The Morgan fingerprint density at radius 3 is 2.20 bits per heavy atom. The number of nitrogens with two attached hydrogens (primary N) is 1. The predicted octanol–water partition coefficient (Wildman–Crippen LogP) is 9.24. The van der Waals surface area contributed by atoms with E-state index in [1.165, 1.54) is 12.8 Å². The predicted molar refractivity (Wildman–Crippen MR) is 201 cm³/mol. The molecular weight excluding hydrogens is 668 g/mol. The van der Waals surface area contributed by atoms with Crippen molar-refractivity contribution in [1.82, 2.24) is 19.9 Å². The lowest BCUT2D eigenvalue weighted by Crippen LogP contribution is -2.39. The molecule has 3 aromatic heterocycles. The fourth-order valence-electron chi connectivity index (χ4n) is 8.24. The van der Waals surface area contributed by atoms with Gasteiger partial charge >= 0.3 is 0 Å². The van der Waals surface area contributed by atoms with Gasteiger partial charge < -0.3 is 20.3 Å². The minimum Gasteiger partial charge on any atom is -0.365 e. The lowest BCUT2D eigenvalue weighted by Gasteiger charge is -2.41. The quantitative estimate of drug-likeness (QED) is 0.0960. The summed E-state index contributed by atoms with van der Waals surface area (Å²) in [4.78, 5) is 32.4. The van der Waals surface area contributed by atoms with Crippen LogP contribution in [0.5, 0.6) is 0 Å². The number of aromatic nitrogens is 4. The van der Waals surface area contributed by atoms with Gasteiger partial charge in [-0.1, -0.05) is 114 Å². The monoisotopic (exact) mass is 724 g/mol. The van der Waals surface area contributed by atoms with Crippen molar-refractivity contribution in [3.8, 4) is 11.1 Å². The van der Waals surface area contributed by atoms with Crippen LogP contribution in [0.4, 0.5) is 5.82 Å². The molecule has 12 heteroatoms. The standard InChI is InChI=1S/C38H57ClN6O4Si/c1-23(2)34-33(37(40)46)35(49-44-34)32(31(26-14-10-8-11-15-26)27-16-12-9-13-17-27)38(47)42-29-19-18-28(36(39)41-29)30-24(3)43-45(25(30)4)22-48-20-21-50(5,6)7/h18-19,23,26-27,31-32H,8-17,20-22H2,1-7H3,(H2,40,46)(H,41,42,47). The van der Waals surface area contributed by atoms with Gasteiger partial charge in [-0.2, -0.15) is 5.10 Å². The molecule has 0 bridgehead atoms. The number of aryl methyl sites for hydroxylation is 1. The zero-order valence-corrected chi connectivity index (χ0v) is 32.9. The van der Waals surface area contributed by atoms with Crippen molar-refractivity contribution in [3.05, 3.63) is 45.7 Å². The molecule has 1 atom stereocenters.